The minimum Gasteiger partial charge on any atom is -0.495 e. The minimum atomic E-state index is -0.373. The van der Waals surface area contributed by atoms with Crippen molar-refractivity contribution in [1.82, 2.24) is 0 Å². The average Bonchev–Trinajstić information content (AvgIpc) is 3.16. The monoisotopic (exact) mass is 387 g/mol. The van der Waals surface area contributed by atoms with Crippen LogP contribution in [0.2, 0.25) is 5.02 Å². The van der Waals surface area contributed by atoms with Crippen molar-refractivity contribution in [2.75, 3.05) is 12.4 Å². The number of hydrogen-bond donors (Lipinski definition) is 1. The summed E-state index contributed by atoms with van der Waals surface area (Å²) in [5.41, 5.74) is 1.56. The van der Waals surface area contributed by atoms with E-state index < -0.39 is 0 Å². The van der Waals surface area contributed by atoms with Crippen molar-refractivity contribution in [2.45, 2.75) is 11.0 Å². The average molecular weight is 388 g/mol. The highest BCUT2D eigenvalue weighted by Crippen LogP contribution is 2.34. The van der Waals surface area contributed by atoms with Crippen LogP contribution in [0.25, 0.3) is 0 Å². The first-order chi connectivity index (χ1) is 12.7. The highest BCUT2D eigenvalue weighted by Gasteiger charge is 2.22. The van der Waals surface area contributed by atoms with Crippen LogP contribution in [-0.4, -0.2) is 13.0 Å². The number of nitrogens with one attached hydrogen (secondary N) is 1. The molecule has 0 radical (unpaired) electrons. The number of carbonyl (C=O) groups excluding carboxylic acids is 1. The molecule has 3 aromatic rings. The molecule has 134 valence electrons. The van der Waals surface area contributed by atoms with Gasteiger partial charge in [-0.05, 0) is 35.9 Å². The van der Waals surface area contributed by atoms with Gasteiger partial charge in [-0.25, -0.2) is 0 Å². The number of anilines is 1. The van der Waals surface area contributed by atoms with Gasteiger partial charge in [0.25, 0.3) is 0 Å². The van der Waals surface area contributed by atoms with Crippen LogP contribution in [0.3, 0.4) is 0 Å². The second-order valence-corrected chi connectivity index (χ2v) is 7.02. The van der Waals surface area contributed by atoms with E-state index in [4.69, 9.17) is 20.8 Å². The number of carbonyl (C=O) groups is 1. The molecule has 1 aromatic heterocycles. The van der Waals surface area contributed by atoms with Gasteiger partial charge in [-0.1, -0.05) is 41.9 Å². The molecule has 1 amide bonds. The topological polar surface area (TPSA) is 51.5 Å². The van der Waals surface area contributed by atoms with Gasteiger partial charge in [0.15, 0.2) is 0 Å². The van der Waals surface area contributed by atoms with Crippen molar-refractivity contribution < 1.29 is 13.9 Å². The smallest absolute Gasteiger partial charge is 0.242 e. The van der Waals surface area contributed by atoms with Crippen molar-refractivity contribution in [3.63, 3.8) is 0 Å². The third-order valence-electron chi connectivity index (χ3n) is 3.73. The van der Waals surface area contributed by atoms with Crippen LogP contribution in [0.5, 0.6) is 5.75 Å². The SMILES string of the molecule is COc1ccc(NC(=O)[C@@H](SCc2ccco2)c2ccccc2)cc1Cl. The second kappa shape index (κ2) is 8.83. The van der Waals surface area contributed by atoms with Crippen LogP contribution < -0.4 is 10.1 Å². The fourth-order valence-electron chi connectivity index (χ4n) is 2.46. The molecular weight excluding hydrogens is 370 g/mol. The van der Waals surface area contributed by atoms with Crippen LogP contribution in [-0.2, 0) is 10.5 Å². The summed E-state index contributed by atoms with van der Waals surface area (Å²) in [6.45, 7) is 0. The third-order valence-corrected chi connectivity index (χ3v) is 5.30. The number of furan rings is 1. The molecule has 6 heteroatoms. The van der Waals surface area contributed by atoms with Gasteiger partial charge in [0.05, 0.1) is 24.1 Å². The number of hydrogen-bond acceptors (Lipinski definition) is 4. The summed E-state index contributed by atoms with van der Waals surface area (Å²) >= 11 is 7.65. The summed E-state index contributed by atoms with van der Waals surface area (Å²) in [4.78, 5) is 12.9. The maximum atomic E-state index is 12.9. The molecule has 1 heterocycles. The van der Waals surface area contributed by atoms with Crippen molar-refractivity contribution in [2.24, 2.45) is 0 Å². The Morgan fingerprint density at radius 1 is 1.19 bits per heavy atom. The summed E-state index contributed by atoms with van der Waals surface area (Å²) < 4.78 is 10.5. The number of ether oxygens (including phenoxy) is 1. The van der Waals surface area contributed by atoms with Crippen molar-refractivity contribution >= 4 is 35.0 Å². The molecule has 0 bridgehead atoms. The molecule has 3 rings (SSSR count). The summed E-state index contributed by atoms with van der Waals surface area (Å²) in [6.07, 6.45) is 1.63. The van der Waals surface area contributed by atoms with E-state index in [1.165, 1.54) is 11.8 Å². The van der Waals surface area contributed by atoms with E-state index in [1.807, 2.05) is 42.5 Å². The largest absolute Gasteiger partial charge is 0.495 e. The van der Waals surface area contributed by atoms with E-state index in [2.05, 4.69) is 5.32 Å². The predicted octanol–water partition coefficient (Wildman–Crippen LogP) is 5.55. The van der Waals surface area contributed by atoms with E-state index in [-0.39, 0.29) is 11.2 Å². The quantitative estimate of drug-likeness (QED) is 0.577. The van der Waals surface area contributed by atoms with Gasteiger partial charge in [-0.2, -0.15) is 0 Å². The molecule has 0 saturated carbocycles. The van der Waals surface area contributed by atoms with Crippen LogP contribution in [0.1, 0.15) is 16.6 Å². The molecular formula is C20H18ClNO3S. The molecule has 1 N–H and O–H groups in total. The lowest BCUT2D eigenvalue weighted by atomic mass is 10.1. The third kappa shape index (κ3) is 4.62. The Labute approximate surface area is 161 Å². The Morgan fingerprint density at radius 2 is 2.00 bits per heavy atom. The zero-order chi connectivity index (χ0) is 18.4. The fourth-order valence-corrected chi connectivity index (χ4v) is 3.78. The van der Waals surface area contributed by atoms with Gasteiger partial charge in [-0.15, -0.1) is 11.8 Å². The summed E-state index contributed by atoms with van der Waals surface area (Å²) in [5.74, 6) is 1.88. The molecule has 1 atom stereocenters. The first kappa shape index (κ1) is 18.4. The Balaban J connectivity index is 1.76. The van der Waals surface area contributed by atoms with Crippen molar-refractivity contribution in [1.29, 1.82) is 0 Å². The molecule has 0 spiro atoms. The maximum Gasteiger partial charge on any atom is 0.242 e. The molecule has 26 heavy (non-hydrogen) atoms. The van der Waals surface area contributed by atoms with Crippen molar-refractivity contribution in [3.8, 4) is 5.75 Å². The summed E-state index contributed by atoms with van der Waals surface area (Å²) in [6, 6.07) is 18.6. The summed E-state index contributed by atoms with van der Waals surface area (Å²) in [5, 5.41) is 3.01. The van der Waals surface area contributed by atoms with Gasteiger partial charge >= 0.3 is 0 Å². The zero-order valence-corrected chi connectivity index (χ0v) is 15.7. The Kier molecular flexibility index (Phi) is 6.26. The van der Waals surface area contributed by atoms with Gasteiger partial charge < -0.3 is 14.5 Å². The molecule has 0 aliphatic carbocycles. The molecule has 0 aliphatic rings. The fraction of sp³-hybridized carbons (Fsp3) is 0.150. The van der Waals surface area contributed by atoms with Gasteiger partial charge in [0.2, 0.25) is 5.91 Å². The van der Waals surface area contributed by atoms with E-state index in [9.17, 15) is 4.79 Å². The second-order valence-electron chi connectivity index (χ2n) is 5.52. The number of benzene rings is 2. The van der Waals surface area contributed by atoms with E-state index in [1.54, 1.807) is 31.6 Å². The van der Waals surface area contributed by atoms with E-state index >= 15 is 0 Å². The summed E-state index contributed by atoms with van der Waals surface area (Å²) in [7, 11) is 1.55. The normalized spacial score (nSPS) is 11.8. The number of halogens is 1. The zero-order valence-electron chi connectivity index (χ0n) is 14.1. The number of thioether (sulfide) groups is 1. The number of methoxy groups -OCH3 is 1. The Morgan fingerprint density at radius 3 is 2.65 bits per heavy atom. The first-order valence-electron chi connectivity index (χ1n) is 8.00. The number of rotatable bonds is 7. The van der Waals surface area contributed by atoms with Crippen molar-refractivity contribution in [3.05, 3.63) is 83.3 Å². The van der Waals surface area contributed by atoms with Crippen LogP contribution in [0.15, 0.2) is 71.3 Å². The lowest BCUT2D eigenvalue weighted by molar-refractivity contribution is -0.115. The van der Waals surface area contributed by atoms with Crippen LogP contribution in [0.4, 0.5) is 5.69 Å². The highest BCUT2D eigenvalue weighted by molar-refractivity contribution is 7.99. The molecule has 0 fully saturated rings. The first-order valence-corrected chi connectivity index (χ1v) is 9.43. The molecule has 0 aliphatic heterocycles. The highest BCUT2D eigenvalue weighted by atomic mass is 35.5. The van der Waals surface area contributed by atoms with Gasteiger partial charge in [-0.3, -0.25) is 4.79 Å². The lowest BCUT2D eigenvalue weighted by Gasteiger charge is -2.17. The number of amides is 1. The van der Waals surface area contributed by atoms with E-state index in [0.717, 1.165) is 11.3 Å². The standard InChI is InChI=1S/C20H18ClNO3S/c1-24-18-10-9-15(12-17(18)21)22-20(23)19(14-6-3-2-4-7-14)26-13-16-8-5-11-25-16/h2-12,19H,13H2,1H3,(H,22,23)/t19-/m0/s1. The molecule has 2 aromatic carbocycles. The van der Waals surface area contributed by atoms with Gasteiger partial charge in [0.1, 0.15) is 16.8 Å². The minimum absolute atomic E-state index is 0.117. The molecule has 0 saturated heterocycles. The molecule has 0 unspecified atom stereocenters. The van der Waals surface area contributed by atoms with E-state index in [0.29, 0.717) is 22.2 Å². The predicted molar refractivity (Wildman–Crippen MR) is 106 cm³/mol. The lowest BCUT2D eigenvalue weighted by Crippen LogP contribution is -2.19. The maximum absolute atomic E-state index is 12.9. The van der Waals surface area contributed by atoms with Gasteiger partial charge in [0, 0.05) is 5.69 Å². The van der Waals surface area contributed by atoms with Crippen LogP contribution >= 0.6 is 23.4 Å². The Bertz CT molecular complexity index is 853. The Hall–Kier alpha value is -2.37. The van der Waals surface area contributed by atoms with Crippen LogP contribution in [0, 0.1) is 0 Å². The molecule has 4 nitrogen and oxygen atoms in total.